The predicted octanol–water partition coefficient (Wildman–Crippen LogP) is 6.30. The number of hydrogen-bond donors (Lipinski definition) is 0. The van der Waals surface area contributed by atoms with Crippen molar-refractivity contribution in [3.63, 3.8) is 0 Å². The number of rotatable bonds is 6. The van der Waals surface area contributed by atoms with Crippen LogP contribution in [0, 0.1) is 13.8 Å². The SMILES string of the molecule is Cc1ccc(-c2nnc(SCC(=O)N3CCN(c4ccccc4C)CC3)n2-c2ccc(Cl)c(Cl)c2)cc1. The predicted molar refractivity (Wildman–Crippen MR) is 152 cm³/mol. The minimum Gasteiger partial charge on any atom is -0.368 e. The summed E-state index contributed by atoms with van der Waals surface area (Å²) in [5.41, 5.74) is 5.37. The summed E-state index contributed by atoms with van der Waals surface area (Å²) in [5.74, 6) is 1.05. The molecule has 0 unspecified atom stereocenters. The van der Waals surface area contributed by atoms with Gasteiger partial charge in [0.25, 0.3) is 0 Å². The van der Waals surface area contributed by atoms with Crippen LogP contribution in [-0.2, 0) is 4.79 Å². The number of carbonyl (C=O) groups excluding carboxylic acids is 1. The largest absolute Gasteiger partial charge is 0.368 e. The van der Waals surface area contributed by atoms with E-state index in [0.29, 0.717) is 34.1 Å². The Labute approximate surface area is 231 Å². The smallest absolute Gasteiger partial charge is 0.233 e. The third-order valence-electron chi connectivity index (χ3n) is 6.52. The number of amides is 1. The number of para-hydroxylation sites is 1. The third kappa shape index (κ3) is 5.64. The molecule has 6 nitrogen and oxygen atoms in total. The summed E-state index contributed by atoms with van der Waals surface area (Å²) in [6.07, 6.45) is 0. The van der Waals surface area contributed by atoms with Gasteiger partial charge in [0.2, 0.25) is 5.91 Å². The van der Waals surface area contributed by atoms with Crippen molar-refractivity contribution in [3.8, 4) is 17.1 Å². The highest BCUT2D eigenvalue weighted by Gasteiger charge is 2.24. The summed E-state index contributed by atoms with van der Waals surface area (Å²) in [6.45, 7) is 7.19. The molecule has 3 aromatic carbocycles. The summed E-state index contributed by atoms with van der Waals surface area (Å²) < 4.78 is 1.93. The van der Waals surface area contributed by atoms with E-state index in [9.17, 15) is 4.79 Å². The molecule has 190 valence electrons. The molecule has 0 bridgehead atoms. The van der Waals surface area contributed by atoms with Gasteiger partial charge in [-0.1, -0.05) is 83.0 Å². The molecule has 1 aliphatic heterocycles. The van der Waals surface area contributed by atoms with Crippen LogP contribution < -0.4 is 4.90 Å². The number of aromatic nitrogens is 3. The highest BCUT2D eigenvalue weighted by molar-refractivity contribution is 7.99. The number of piperazine rings is 1. The van der Waals surface area contributed by atoms with E-state index >= 15 is 0 Å². The Balaban J connectivity index is 1.32. The number of hydrogen-bond acceptors (Lipinski definition) is 5. The van der Waals surface area contributed by atoms with Gasteiger partial charge in [-0.3, -0.25) is 9.36 Å². The maximum Gasteiger partial charge on any atom is 0.233 e. The molecule has 0 spiro atoms. The highest BCUT2D eigenvalue weighted by atomic mass is 35.5. The van der Waals surface area contributed by atoms with E-state index in [2.05, 4.69) is 46.3 Å². The Hall–Kier alpha value is -3.00. The van der Waals surface area contributed by atoms with Gasteiger partial charge in [0.15, 0.2) is 11.0 Å². The van der Waals surface area contributed by atoms with Crippen molar-refractivity contribution in [1.29, 1.82) is 0 Å². The first kappa shape index (κ1) is 25.6. The van der Waals surface area contributed by atoms with Gasteiger partial charge in [-0.05, 0) is 43.7 Å². The van der Waals surface area contributed by atoms with E-state index in [0.717, 1.165) is 29.9 Å². The minimum atomic E-state index is 0.0926. The average Bonchev–Trinajstić information content (AvgIpc) is 3.33. The lowest BCUT2D eigenvalue weighted by Crippen LogP contribution is -2.49. The number of benzene rings is 3. The molecule has 5 rings (SSSR count). The summed E-state index contributed by atoms with van der Waals surface area (Å²) in [6, 6.07) is 21.9. The van der Waals surface area contributed by atoms with E-state index in [-0.39, 0.29) is 11.7 Å². The van der Waals surface area contributed by atoms with Crippen molar-refractivity contribution in [2.45, 2.75) is 19.0 Å². The topological polar surface area (TPSA) is 54.3 Å². The molecule has 1 aliphatic rings. The number of carbonyl (C=O) groups is 1. The van der Waals surface area contributed by atoms with Gasteiger partial charge < -0.3 is 9.80 Å². The number of anilines is 1. The van der Waals surface area contributed by atoms with Gasteiger partial charge in [-0.2, -0.15) is 0 Å². The van der Waals surface area contributed by atoms with Crippen molar-refractivity contribution < 1.29 is 4.79 Å². The number of nitrogens with zero attached hydrogens (tertiary/aromatic N) is 5. The summed E-state index contributed by atoms with van der Waals surface area (Å²) in [4.78, 5) is 17.4. The van der Waals surface area contributed by atoms with E-state index in [1.165, 1.54) is 23.0 Å². The number of thioether (sulfide) groups is 1. The number of halogens is 2. The fourth-order valence-corrected chi connectivity index (χ4v) is 5.59. The molecule has 9 heteroatoms. The van der Waals surface area contributed by atoms with Gasteiger partial charge in [-0.25, -0.2) is 0 Å². The zero-order valence-electron chi connectivity index (χ0n) is 20.7. The second-order valence-electron chi connectivity index (χ2n) is 9.05. The summed E-state index contributed by atoms with van der Waals surface area (Å²) in [5, 5.41) is 10.5. The first-order valence-electron chi connectivity index (χ1n) is 12.1. The zero-order valence-corrected chi connectivity index (χ0v) is 23.0. The molecule has 37 heavy (non-hydrogen) atoms. The maximum absolute atomic E-state index is 13.1. The molecule has 0 saturated carbocycles. The van der Waals surface area contributed by atoms with Crippen molar-refractivity contribution >= 4 is 46.6 Å². The Kier molecular flexibility index (Phi) is 7.74. The van der Waals surface area contributed by atoms with E-state index < -0.39 is 0 Å². The molecule has 4 aromatic rings. The summed E-state index contributed by atoms with van der Waals surface area (Å²) >= 11 is 13.9. The van der Waals surface area contributed by atoms with Crippen LogP contribution in [0.5, 0.6) is 0 Å². The fraction of sp³-hybridized carbons (Fsp3) is 0.250. The lowest BCUT2D eigenvalue weighted by atomic mass is 10.1. The van der Waals surface area contributed by atoms with Crippen LogP contribution in [0.3, 0.4) is 0 Å². The first-order chi connectivity index (χ1) is 17.9. The van der Waals surface area contributed by atoms with Crippen molar-refractivity contribution in [2.24, 2.45) is 0 Å². The molecule has 0 N–H and O–H groups in total. The Morgan fingerprint density at radius 2 is 1.62 bits per heavy atom. The standard InChI is InChI=1S/C28H27Cl2N5OS/c1-19-7-9-21(10-8-19)27-31-32-28(35(27)22-11-12-23(29)24(30)17-22)37-18-26(36)34-15-13-33(14-16-34)25-6-4-3-5-20(25)2/h3-12,17H,13-16,18H2,1-2H3. The van der Waals surface area contributed by atoms with Crippen molar-refractivity contribution in [1.82, 2.24) is 19.7 Å². The Bertz CT molecular complexity index is 1410. The minimum absolute atomic E-state index is 0.0926. The zero-order chi connectivity index (χ0) is 25.9. The molecule has 0 atom stereocenters. The molecule has 2 heterocycles. The second-order valence-corrected chi connectivity index (χ2v) is 10.8. The molecular formula is C28H27Cl2N5OS. The lowest BCUT2D eigenvalue weighted by molar-refractivity contribution is -0.128. The lowest BCUT2D eigenvalue weighted by Gasteiger charge is -2.36. The van der Waals surface area contributed by atoms with Crippen LogP contribution in [0.1, 0.15) is 11.1 Å². The quantitative estimate of drug-likeness (QED) is 0.263. The van der Waals surface area contributed by atoms with Gasteiger partial charge in [0, 0.05) is 37.4 Å². The molecule has 1 aromatic heterocycles. The molecular weight excluding hydrogens is 525 g/mol. The summed E-state index contributed by atoms with van der Waals surface area (Å²) in [7, 11) is 0. The van der Waals surface area contributed by atoms with Crippen LogP contribution in [0.2, 0.25) is 10.0 Å². The van der Waals surface area contributed by atoms with Gasteiger partial charge >= 0.3 is 0 Å². The average molecular weight is 553 g/mol. The van der Waals surface area contributed by atoms with Crippen molar-refractivity contribution in [2.75, 3.05) is 36.8 Å². The molecule has 1 saturated heterocycles. The van der Waals surface area contributed by atoms with Gasteiger partial charge in [-0.15, -0.1) is 10.2 Å². The van der Waals surface area contributed by atoms with Crippen LogP contribution in [0.25, 0.3) is 17.1 Å². The normalized spacial score (nSPS) is 13.7. The number of aryl methyl sites for hydroxylation is 2. The highest BCUT2D eigenvalue weighted by Crippen LogP contribution is 2.32. The van der Waals surface area contributed by atoms with E-state index in [4.69, 9.17) is 23.2 Å². The van der Waals surface area contributed by atoms with Crippen molar-refractivity contribution in [3.05, 3.63) is 87.9 Å². The van der Waals surface area contributed by atoms with Gasteiger partial charge in [0.1, 0.15) is 0 Å². The van der Waals surface area contributed by atoms with Crippen LogP contribution in [0.15, 0.2) is 71.9 Å². The second kappa shape index (κ2) is 11.2. The molecule has 1 fully saturated rings. The van der Waals surface area contributed by atoms with Gasteiger partial charge in [0.05, 0.1) is 21.5 Å². The monoisotopic (exact) mass is 551 g/mol. The molecule has 0 aliphatic carbocycles. The van der Waals surface area contributed by atoms with E-state index in [1.807, 2.05) is 46.7 Å². The maximum atomic E-state index is 13.1. The third-order valence-corrected chi connectivity index (χ3v) is 8.17. The Morgan fingerprint density at radius 1 is 0.892 bits per heavy atom. The molecule has 1 amide bonds. The first-order valence-corrected chi connectivity index (χ1v) is 13.8. The molecule has 0 radical (unpaired) electrons. The Morgan fingerprint density at radius 3 is 2.32 bits per heavy atom. The van der Waals surface area contributed by atoms with Crippen LogP contribution in [-0.4, -0.2) is 57.5 Å². The van der Waals surface area contributed by atoms with E-state index in [1.54, 1.807) is 12.1 Å². The van der Waals surface area contributed by atoms with Crippen LogP contribution >= 0.6 is 35.0 Å². The fourth-order valence-electron chi connectivity index (χ4n) is 4.44. The van der Waals surface area contributed by atoms with Crippen LogP contribution in [0.4, 0.5) is 5.69 Å².